The van der Waals surface area contributed by atoms with Crippen molar-refractivity contribution in [2.45, 2.75) is 18.9 Å². The van der Waals surface area contributed by atoms with Crippen LogP contribution in [0.25, 0.3) is 0 Å². The van der Waals surface area contributed by atoms with Crippen LogP contribution < -0.4 is 5.73 Å². The van der Waals surface area contributed by atoms with Gasteiger partial charge in [0.2, 0.25) is 0 Å². The summed E-state index contributed by atoms with van der Waals surface area (Å²) in [5, 5.41) is 9.20. The maximum atomic E-state index is 12.1. The van der Waals surface area contributed by atoms with Gasteiger partial charge in [-0.1, -0.05) is 6.07 Å². The Labute approximate surface area is 101 Å². The smallest absolute Gasteiger partial charge is 0.253 e. The molecule has 1 amide bonds. The van der Waals surface area contributed by atoms with Crippen molar-refractivity contribution < 1.29 is 9.90 Å². The van der Waals surface area contributed by atoms with Crippen LogP contribution in [0.3, 0.4) is 0 Å². The summed E-state index contributed by atoms with van der Waals surface area (Å²) in [6, 6.07) is 7.00. The van der Waals surface area contributed by atoms with Crippen LogP contribution in [0.4, 0.5) is 5.69 Å². The normalized spacial score (nSPS) is 22.9. The van der Waals surface area contributed by atoms with Crippen LogP contribution in [0.2, 0.25) is 0 Å². The molecular weight excluding hydrogens is 216 g/mol. The molecule has 0 aromatic heterocycles. The van der Waals surface area contributed by atoms with Gasteiger partial charge in [0.1, 0.15) is 0 Å². The predicted molar refractivity (Wildman–Crippen MR) is 66.5 cm³/mol. The monoisotopic (exact) mass is 234 g/mol. The van der Waals surface area contributed by atoms with Gasteiger partial charge in [-0.25, -0.2) is 0 Å². The quantitative estimate of drug-likeness (QED) is 0.770. The molecule has 0 aliphatic heterocycles. The number of aliphatic hydroxyl groups is 1. The first-order valence-corrected chi connectivity index (χ1v) is 5.85. The fourth-order valence-corrected chi connectivity index (χ4v) is 2.21. The van der Waals surface area contributed by atoms with Crippen LogP contribution in [0, 0.1) is 5.92 Å². The van der Waals surface area contributed by atoms with Gasteiger partial charge in [0.25, 0.3) is 5.91 Å². The molecule has 1 aliphatic rings. The second kappa shape index (κ2) is 4.75. The molecule has 1 fully saturated rings. The van der Waals surface area contributed by atoms with E-state index < -0.39 is 0 Å². The molecule has 2 rings (SSSR count). The van der Waals surface area contributed by atoms with Crippen LogP contribution in [-0.4, -0.2) is 35.6 Å². The fraction of sp³-hybridized carbons (Fsp3) is 0.462. The molecule has 3 N–H and O–H groups in total. The highest BCUT2D eigenvalue weighted by atomic mass is 16.3. The van der Waals surface area contributed by atoms with Crippen molar-refractivity contribution in [1.82, 2.24) is 4.90 Å². The van der Waals surface area contributed by atoms with Crippen molar-refractivity contribution in [3.63, 3.8) is 0 Å². The zero-order chi connectivity index (χ0) is 12.4. The molecule has 1 saturated carbocycles. The Hall–Kier alpha value is -1.55. The Morgan fingerprint density at radius 1 is 1.53 bits per heavy atom. The molecule has 0 spiro atoms. The van der Waals surface area contributed by atoms with Crippen LogP contribution in [0.1, 0.15) is 23.2 Å². The summed E-state index contributed by atoms with van der Waals surface area (Å²) >= 11 is 0. The average Bonchev–Trinajstić information content (AvgIpc) is 2.26. The van der Waals surface area contributed by atoms with E-state index >= 15 is 0 Å². The lowest BCUT2D eigenvalue weighted by molar-refractivity contribution is 0.0265. The van der Waals surface area contributed by atoms with Crippen molar-refractivity contribution in [3.8, 4) is 0 Å². The second-order valence-corrected chi connectivity index (χ2v) is 4.80. The van der Waals surface area contributed by atoms with E-state index in [0.29, 0.717) is 23.7 Å². The molecule has 17 heavy (non-hydrogen) atoms. The van der Waals surface area contributed by atoms with Gasteiger partial charge in [0.05, 0.1) is 6.10 Å². The number of anilines is 1. The average molecular weight is 234 g/mol. The Morgan fingerprint density at radius 3 is 2.82 bits per heavy atom. The summed E-state index contributed by atoms with van der Waals surface area (Å²) in [6.45, 7) is 0.699. The van der Waals surface area contributed by atoms with E-state index in [4.69, 9.17) is 5.73 Å². The molecule has 4 nitrogen and oxygen atoms in total. The van der Waals surface area contributed by atoms with Gasteiger partial charge < -0.3 is 15.7 Å². The summed E-state index contributed by atoms with van der Waals surface area (Å²) in [4.78, 5) is 13.8. The number of nitrogen functional groups attached to an aromatic ring is 1. The van der Waals surface area contributed by atoms with E-state index in [-0.39, 0.29) is 12.0 Å². The highest BCUT2D eigenvalue weighted by molar-refractivity contribution is 5.94. The first kappa shape index (κ1) is 11.9. The molecule has 1 aromatic carbocycles. The number of rotatable bonds is 3. The molecular formula is C13H18N2O2. The molecule has 0 heterocycles. The van der Waals surface area contributed by atoms with E-state index in [2.05, 4.69) is 0 Å². The fourth-order valence-electron chi connectivity index (χ4n) is 2.21. The van der Waals surface area contributed by atoms with Crippen LogP contribution in [0.5, 0.6) is 0 Å². The van der Waals surface area contributed by atoms with E-state index in [1.165, 1.54) is 0 Å². The first-order chi connectivity index (χ1) is 8.06. The van der Waals surface area contributed by atoms with Crippen LogP contribution >= 0.6 is 0 Å². The lowest BCUT2D eigenvalue weighted by Gasteiger charge is -2.34. The number of carbonyl (C=O) groups excluding carboxylic acids is 1. The molecule has 0 saturated heterocycles. The summed E-state index contributed by atoms with van der Waals surface area (Å²) < 4.78 is 0. The number of carbonyl (C=O) groups is 1. The Kier molecular flexibility index (Phi) is 3.33. The minimum absolute atomic E-state index is 0.0151. The standard InChI is InChI=1S/C13H18N2O2/c1-15(8-9-5-12(16)6-9)13(17)10-3-2-4-11(14)7-10/h2-4,7,9,12,16H,5-6,8,14H2,1H3. The number of hydrogen-bond donors (Lipinski definition) is 2. The third-order valence-corrected chi connectivity index (χ3v) is 3.22. The molecule has 0 unspecified atom stereocenters. The highest BCUT2D eigenvalue weighted by Crippen LogP contribution is 2.27. The van der Waals surface area contributed by atoms with Gasteiger partial charge in [0.15, 0.2) is 0 Å². The number of benzene rings is 1. The molecule has 1 aromatic rings. The maximum absolute atomic E-state index is 12.1. The zero-order valence-electron chi connectivity index (χ0n) is 9.97. The van der Waals surface area contributed by atoms with Gasteiger partial charge in [0, 0.05) is 24.8 Å². The maximum Gasteiger partial charge on any atom is 0.253 e. The Morgan fingerprint density at radius 2 is 2.24 bits per heavy atom. The van der Waals surface area contributed by atoms with E-state index in [1.807, 2.05) is 0 Å². The largest absolute Gasteiger partial charge is 0.399 e. The van der Waals surface area contributed by atoms with Crippen molar-refractivity contribution in [2.24, 2.45) is 5.92 Å². The Balaban J connectivity index is 1.95. The van der Waals surface area contributed by atoms with Gasteiger partial charge in [-0.15, -0.1) is 0 Å². The number of nitrogens with two attached hydrogens (primary N) is 1. The third-order valence-electron chi connectivity index (χ3n) is 3.22. The molecule has 0 bridgehead atoms. The molecule has 0 atom stereocenters. The Bertz CT molecular complexity index is 414. The van der Waals surface area contributed by atoms with Crippen molar-refractivity contribution in [1.29, 1.82) is 0 Å². The predicted octanol–water partition coefficient (Wildman–Crippen LogP) is 1.11. The van der Waals surface area contributed by atoms with Gasteiger partial charge >= 0.3 is 0 Å². The number of aliphatic hydroxyl groups excluding tert-OH is 1. The van der Waals surface area contributed by atoms with Crippen molar-refractivity contribution in [3.05, 3.63) is 29.8 Å². The third kappa shape index (κ3) is 2.77. The van der Waals surface area contributed by atoms with Crippen molar-refractivity contribution in [2.75, 3.05) is 19.3 Å². The van der Waals surface area contributed by atoms with Gasteiger partial charge in [-0.05, 0) is 37.0 Å². The lowest BCUT2D eigenvalue weighted by atomic mass is 9.82. The number of hydrogen-bond acceptors (Lipinski definition) is 3. The lowest BCUT2D eigenvalue weighted by Crippen LogP contribution is -2.39. The summed E-state index contributed by atoms with van der Waals surface area (Å²) in [7, 11) is 1.79. The number of amides is 1. The minimum Gasteiger partial charge on any atom is -0.399 e. The van der Waals surface area contributed by atoms with E-state index in [1.54, 1.807) is 36.2 Å². The molecule has 4 heteroatoms. The van der Waals surface area contributed by atoms with Crippen LogP contribution in [0.15, 0.2) is 24.3 Å². The number of nitrogens with zero attached hydrogens (tertiary/aromatic N) is 1. The van der Waals surface area contributed by atoms with E-state index in [9.17, 15) is 9.90 Å². The molecule has 1 aliphatic carbocycles. The second-order valence-electron chi connectivity index (χ2n) is 4.80. The van der Waals surface area contributed by atoms with Gasteiger partial charge in [-0.2, -0.15) is 0 Å². The minimum atomic E-state index is -0.170. The SMILES string of the molecule is CN(CC1CC(O)C1)C(=O)c1cccc(N)c1. The summed E-state index contributed by atoms with van der Waals surface area (Å²) in [6.07, 6.45) is 1.43. The first-order valence-electron chi connectivity index (χ1n) is 5.85. The highest BCUT2D eigenvalue weighted by Gasteiger charge is 2.29. The molecule has 0 radical (unpaired) electrons. The van der Waals surface area contributed by atoms with Crippen LogP contribution in [-0.2, 0) is 0 Å². The zero-order valence-corrected chi connectivity index (χ0v) is 9.97. The van der Waals surface area contributed by atoms with Crippen molar-refractivity contribution >= 4 is 11.6 Å². The topological polar surface area (TPSA) is 66.6 Å². The molecule has 92 valence electrons. The summed E-state index contributed by atoms with van der Waals surface area (Å²) in [5.41, 5.74) is 6.87. The van der Waals surface area contributed by atoms with Gasteiger partial charge in [-0.3, -0.25) is 4.79 Å². The summed E-state index contributed by atoms with van der Waals surface area (Å²) in [5.74, 6) is 0.415. The van der Waals surface area contributed by atoms with E-state index in [0.717, 1.165) is 12.8 Å².